The molecule has 4 aliphatic rings. The number of hydrogen-bond acceptors (Lipinski definition) is 3. The second-order valence-corrected chi connectivity index (χ2v) is 7.72. The molecule has 0 amide bonds. The molecule has 98 valence electrons. The lowest BCUT2D eigenvalue weighted by Gasteiger charge is -2.56. The zero-order valence-electron chi connectivity index (χ0n) is 10.9. The zero-order chi connectivity index (χ0) is 12.2. The zero-order valence-corrected chi connectivity index (χ0v) is 11.7. The first kappa shape index (κ1) is 11.4. The predicted molar refractivity (Wildman–Crippen MR) is 74.7 cm³/mol. The highest BCUT2D eigenvalue weighted by atomic mass is 32.1. The normalized spacial score (nSPS) is 41.5. The first-order valence-corrected chi connectivity index (χ1v) is 8.30. The fourth-order valence-corrected chi connectivity index (χ4v) is 6.48. The van der Waals surface area contributed by atoms with E-state index in [2.05, 4.69) is 10.5 Å². The summed E-state index contributed by atoms with van der Waals surface area (Å²) in [6.45, 7) is 0.739. The largest absolute Gasteiger partial charge is 0.330 e. The summed E-state index contributed by atoms with van der Waals surface area (Å²) >= 11 is 1.91. The van der Waals surface area contributed by atoms with Crippen LogP contribution in [0, 0.1) is 17.8 Å². The molecule has 5 rings (SSSR count). The first-order valence-electron chi connectivity index (χ1n) is 7.42. The number of nitrogens with zero attached hydrogens (tertiary/aromatic N) is 1. The Morgan fingerprint density at radius 2 is 1.78 bits per heavy atom. The van der Waals surface area contributed by atoms with E-state index in [1.165, 1.54) is 44.2 Å². The maximum Gasteiger partial charge on any atom is 0.0797 e. The van der Waals surface area contributed by atoms with E-state index in [0.717, 1.165) is 30.7 Å². The summed E-state index contributed by atoms with van der Waals surface area (Å²) in [5, 5.41) is 0. The third-order valence-corrected chi connectivity index (χ3v) is 6.66. The molecule has 4 aliphatic carbocycles. The molecule has 2 nitrogen and oxygen atoms in total. The molecule has 0 saturated heterocycles. The molecule has 4 saturated carbocycles. The van der Waals surface area contributed by atoms with Crippen molar-refractivity contribution < 1.29 is 0 Å². The standard InChI is InChI=1S/C15H22N2S/c16-2-1-13-14(18-9-17-13)15-6-10-3-11(7-15)5-12(4-10)8-15/h9-12H,1-8,16H2. The van der Waals surface area contributed by atoms with E-state index in [9.17, 15) is 0 Å². The van der Waals surface area contributed by atoms with Gasteiger partial charge in [0.15, 0.2) is 0 Å². The molecule has 1 aromatic heterocycles. The van der Waals surface area contributed by atoms with Crippen molar-refractivity contribution in [2.75, 3.05) is 6.54 Å². The van der Waals surface area contributed by atoms with Gasteiger partial charge < -0.3 is 5.73 Å². The van der Waals surface area contributed by atoms with E-state index in [-0.39, 0.29) is 0 Å². The first-order chi connectivity index (χ1) is 8.79. The van der Waals surface area contributed by atoms with Crippen LogP contribution >= 0.6 is 11.3 Å². The van der Waals surface area contributed by atoms with Crippen LogP contribution in [0.25, 0.3) is 0 Å². The van der Waals surface area contributed by atoms with Crippen LogP contribution in [0.2, 0.25) is 0 Å². The van der Waals surface area contributed by atoms with Crippen LogP contribution in [-0.2, 0) is 11.8 Å². The van der Waals surface area contributed by atoms with Gasteiger partial charge in [-0.2, -0.15) is 0 Å². The monoisotopic (exact) mass is 262 g/mol. The van der Waals surface area contributed by atoms with Crippen molar-refractivity contribution in [3.63, 3.8) is 0 Å². The van der Waals surface area contributed by atoms with E-state index in [0.29, 0.717) is 5.41 Å². The fourth-order valence-electron chi connectivity index (χ4n) is 5.40. The Hall–Kier alpha value is -0.410. The highest BCUT2D eigenvalue weighted by Crippen LogP contribution is 2.61. The average Bonchev–Trinajstić information content (AvgIpc) is 2.76. The van der Waals surface area contributed by atoms with Crippen LogP contribution < -0.4 is 5.73 Å². The van der Waals surface area contributed by atoms with Crippen molar-refractivity contribution in [1.82, 2.24) is 4.98 Å². The van der Waals surface area contributed by atoms with Crippen LogP contribution in [0.3, 0.4) is 0 Å². The van der Waals surface area contributed by atoms with Crippen molar-refractivity contribution in [2.45, 2.75) is 50.4 Å². The molecule has 1 heterocycles. The van der Waals surface area contributed by atoms with Crippen molar-refractivity contribution >= 4 is 11.3 Å². The quantitative estimate of drug-likeness (QED) is 0.909. The smallest absolute Gasteiger partial charge is 0.0797 e. The van der Waals surface area contributed by atoms with Gasteiger partial charge in [0.05, 0.1) is 11.2 Å². The highest BCUT2D eigenvalue weighted by molar-refractivity contribution is 7.09. The fraction of sp³-hybridized carbons (Fsp3) is 0.800. The van der Waals surface area contributed by atoms with E-state index < -0.39 is 0 Å². The lowest BCUT2D eigenvalue weighted by atomic mass is 9.49. The second-order valence-electron chi connectivity index (χ2n) is 6.86. The van der Waals surface area contributed by atoms with Gasteiger partial charge in [0.1, 0.15) is 0 Å². The lowest BCUT2D eigenvalue weighted by molar-refractivity contribution is -0.00392. The Morgan fingerprint density at radius 3 is 2.33 bits per heavy atom. The summed E-state index contributed by atoms with van der Waals surface area (Å²) in [7, 11) is 0. The maximum absolute atomic E-state index is 5.74. The summed E-state index contributed by atoms with van der Waals surface area (Å²) in [4.78, 5) is 6.22. The molecule has 4 bridgehead atoms. The van der Waals surface area contributed by atoms with Crippen molar-refractivity contribution in [2.24, 2.45) is 23.5 Å². The van der Waals surface area contributed by atoms with Gasteiger partial charge in [0.25, 0.3) is 0 Å². The van der Waals surface area contributed by atoms with Gasteiger partial charge in [-0.25, -0.2) is 4.98 Å². The number of rotatable bonds is 3. The molecule has 1 aromatic rings. The minimum absolute atomic E-state index is 0.514. The minimum atomic E-state index is 0.514. The molecule has 0 spiro atoms. The molecule has 0 unspecified atom stereocenters. The Labute approximate surface area is 113 Å². The van der Waals surface area contributed by atoms with Crippen LogP contribution in [0.1, 0.15) is 49.1 Å². The van der Waals surface area contributed by atoms with Gasteiger partial charge in [-0.1, -0.05) is 0 Å². The number of nitrogens with two attached hydrogens (primary N) is 1. The summed E-state index contributed by atoms with van der Waals surface area (Å²) in [6, 6.07) is 0. The minimum Gasteiger partial charge on any atom is -0.330 e. The number of thiazole rings is 1. The van der Waals surface area contributed by atoms with Gasteiger partial charge in [0.2, 0.25) is 0 Å². The second kappa shape index (κ2) is 4.04. The molecule has 0 atom stereocenters. The number of aromatic nitrogens is 1. The van der Waals surface area contributed by atoms with Crippen molar-refractivity contribution in [1.29, 1.82) is 0 Å². The summed E-state index contributed by atoms with van der Waals surface area (Å²) in [5.41, 5.74) is 9.64. The third-order valence-electron chi connectivity index (χ3n) is 5.54. The van der Waals surface area contributed by atoms with Crippen molar-refractivity contribution in [3.8, 4) is 0 Å². The summed E-state index contributed by atoms with van der Waals surface area (Å²) < 4.78 is 0. The maximum atomic E-state index is 5.74. The SMILES string of the molecule is NCCc1ncsc1C12CC3CC(CC(C3)C1)C2. The lowest BCUT2D eigenvalue weighted by Crippen LogP contribution is -2.48. The van der Waals surface area contributed by atoms with Gasteiger partial charge in [0, 0.05) is 16.7 Å². The molecular weight excluding hydrogens is 240 g/mol. The average molecular weight is 262 g/mol. The molecule has 18 heavy (non-hydrogen) atoms. The Kier molecular flexibility index (Phi) is 2.56. The van der Waals surface area contributed by atoms with Gasteiger partial charge >= 0.3 is 0 Å². The van der Waals surface area contributed by atoms with E-state index in [4.69, 9.17) is 5.73 Å². The number of hydrogen-bond donors (Lipinski definition) is 1. The van der Waals surface area contributed by atoms with Crippen LogP contribution in [0.5, 0.6) is 0 Å². The molecular formula is C15H22N2S. The summed E-state index contributed by atoms with van der Waals surface area (Å²) in [6.07, 6.45) is 9.86. The van der Waals surface area contributed by atoms with E-state index in [1.807, 2.05) is 11.3 Å². The molecule has 0 radical (unpaired) electrons. The molecule has 0 aliphatic heterocycles. The van der Waals surface area contributed by atoms with Gasteiger partial charge in [-0.15, -0.1) is 11.3 Å². The van der Waals surface area contributed by atoms with Crippen LogP contribution in [0.15, 0.2) is 5.51 Å². The molecule has 2 N–H and O–H groups in total. The molecule has 4 fully saturated rings. The van der Waals surface area contributed by atoms with E-state index in [1.54, 1.807) is 4.88 Å². The predicted octanol–water partition coefficient (Wildman–Crippen LogP) is 3.11. The topological polar surface area (TPSA) is 38.9 Å². The highest BCUT2D eigenvalue weighted by Gasteiger charge is 2.52. The van der Waals surface area contributed by atoms with Crippen molar-refractivity contribution in [3.05, 3.63) is 16.1 Å². The summed E-state index contributed by atoms with van der Waals surface area (Å²) in [5.74, 6) is 3.05. The molecule has 3 heteroatoms. The third kappa shape index (κ3) is 1.60. The van der Waals surface area contributed by atoms with Gasteiger partial charge in [-0.05, 0) is 62.8 Å². The molecule has 0 aromatic carbocycles. The van der Waals surface area contributed by atoms with E-state index >= 15 is 0 Å². The van der Waals surface area contributed by atoms with Crippen LogP contribution in [-0.4, -0.2) is 11.5 Å². The van der Waals surface area contributed by atoms with Gasteiger partial charge in [-0.3, -0.25) is 0 Å². The Bertz CT molecular complexity index is 416. The van der Waals surface area contributed by atoms with Crippen LogP contribution in [0.4, 0.5) is 0 Å². The Balaban J connectivity index is 1.72. The Morgan fingerprint density at radius 1 is 1.17 bits per heavy atom.